The molecule has 0 saturated heterocycles. The number of hydrogen-bond donors (Lipinski definition) is 0. The molecule has 300 valence electrons. The second kappa shape index (κ2) is 14.4. The van der Waals surface area contributed by atoms with Crippen LogP contribution in [0.2, 0.25) is 0 Å². The standard InChI is InChI=1S/C59H40N4Si/c1-4-17-44(18-5-1)64(45-19-6-2-7-20-45,46-21-8-3-9-22-46)47-34-30-41(31-35-47)61-54-27-14-11-24-49(54)52-39-42(33-37-56(52)61)63-53-26-13-10-23-48(53)50-36-32-43(40-58(50)63)62-55-28-15-12-25-51(55)59-57(62)29-16-38-60-59/h1-40H. The van der Waals surface area contributed by atoms with Crippen LogP contribution in [-0.2, 0) is 0 Å². The number of pyridine rings is 1. The maximum absolute atomic E-state index is 4.82. The molecule has 4 heterocycles. The minimum atomic E-state index is -2.66. The van der Waals surface area contributed by atoms with Crippen molar-refractivity contribution in [1.82, 2.24) is 18.7 Å². The van der Waals surface area contributed by atoms with Crippen LogP contribution < -0.4 is 20.7 Å². The molecule has 0 aliphatic heterocycles. The highest BCUT2D eigenvalue weighted by Crippen LogP contribution is 2.39. The molecule has 9 aromatic carbocycles. The number of nitrogens with zero attached hydrogens (tertiary/aromatic N) is 4. The van der Waals surface area contributed by atoms with Crippen LogP contribution in [0.4, 0.5) is 0 Å². The Kier molecular flexibility index (Phi) is 8.20. The maximum atomic E-state index is 4.82. The molecule has 0 amide bonds. The summed E-state index contributed by atoms with van der Waals surface area (Å²) in [6, 6.07) is 87.2. The summed E-state index contributed by atoms with van der Waals surface area (Å²) < 4.78 is 7.24. The molecule has 0 unspecified atom stereocenters. The fourth-order valence-electron chi connectivity index (χ4n) is 10.7. The first-order valence-corrected chi connectivity index (χ1v) is 24.0. The summed E-state index contributed by atoms with van der Waals surface area (Å²) in [5.41, 5.74) is 11.3. The SMILES string of the molecule is c1ccc([Si](c2ccccc2)(c2ccccc2)c2ccc(-n3c4ccccc4c4cc(-n5c6ccccc6c6ccc(-n7c8ccccc8c8ncccc87)cc65)ccc43)cc2)cc1. The molecule has 4 aromatic heterocycles. The Labute approximate surface area is 371 Å². The lowest BCUT2D eigenvalue weighted by atomic mass is 10.1. The summed E-state index contributed by atoms with van der Waals surface area (Å²) in [6.07, 6.45) is 1.89. The van der Waals surface area contributed by atoms with Crippen molar-refractivity contribution in [2.45, 2.75) is 0 Å². The Bertz CT molecular complexity index is 3730. The maximum Gasteiger partial charge on any atom is 0.179 e. The zero-order valence-corrected chi connectivity index (χ0v) is 35.9. The van der Waals surface area contributed by atoms with Gasteiger partial charge in [-0.25, -0.2) is 0 Å². The summed E-state index contributed by atoms with van der Waals surface area (Å²) in [6.45, 7) is 0. The molecule has 0 saturated carbocycles. The number of benzene rings is 9. The van der Waals surface area contributed by atoms with E-state index in [4.69, 9.17) is 4.98 Å². The first-order chi connectivity index (χ1) is 31.8. The van der Waals surface area contributed by atoms with E-state index in [1.165, 1.54) is 58.8 Å². The van der Waals surface area contributed by atoms with Crippen LogP contribution in [0.3, 0.4) is 0 Å². The average Bonchev–Trinajstić information content (AvgIpc) is 4.01. The van der Waals surface area contributed by atoms with Gasteiger partial charge in [0.25, 0.3) is 0 Å². The van der Waals surface area contributed by atoms with Gasteiger partial charge >= 0.3 is 0 Å². The number of rotatable bonds is 7. The molecule has 0 radical (unpaired) electrons. The number of fused-ring (bicyclic) bond motifs is 9. The summed E-state index contributed by atoms with van der Waals surface area (Å²) >= 11 is 0. The normalized spacial score (nSPS) is 12.1. The van der Waals surface area contributed by atoms with Crippen molar-refractivity contribution >= 4 is 94.4 Å². The molecule has 0 bridgehead atoms. The average molecular weight is 833 g/mol. The van der Waals surface area contributed by atoms with Crippen molar-refractivity contribution in [2.75, 3.05) is 0 Å². The predicted octanol–water partition coefficient (Wildman–Crippen LogP) is 11.8. The lowest BCUT2D eigenvalue weighted by molar-refractivity contribution is 1.15. The van der Waals surface area contributed by atoms with Crippen molar-refractivity contribution < 1.29 is 0 Å². The lowest BCUT2D eigenvalue weighted by Crippen LogP contribution is -2.74. The fourth-order valence-corrected chi connectivity index (χ4v) is 15.5. The molecule has 0 aliphatic carbocycles. The lowest BCUT2D eigenvalue weighted by Gasteiger charge is -2.34. The summed E-state index contributed by atoms with van der Waals surface area (Å²) in [5.74, 6) is 0. The van der Waals surface area contributed by atoms with Gasteiger partial charge in [-0.3, -0.25) is 4.98 Å². The highest BCUT2D eigenvalue weighted by Gasteiger charge is 2.41. The molecular formula is C59H40N4Si. The van der Waals surface area contributed by atoms with E-state index in [1.54, 1.807) is 0 Å². The van der Waals surface area contributed by atoms with E-state index in [2.05, 4.69) is 244 Å². The van der Waals surface area contributed by atoms with Crippen LogP contribution in [0.15, 0.2) is 243 Å². The predicted molar refractivity (Wildman–Crippen MR) is 271 cm³/mol. The number of aromatic nitrogens is 4. The highest BCUT2D eigenvalue weighted by atomic mass is 28.3. The van der Waals surface area contributed by atoms with Gasteiger partial charge in [-0.1, -0.05) is 164 Å². The Morgan fingerprint density at radius 1 is 0.266 bits per heavy atom. The quantitative estimate of drug-likeness (QED) is 0.116. The van der Waals surface area contributed by atoms with Gasteiger partial charge in [0.15, 0.2) is 8.07 Å². The van der Waals surface area contributed by atoms with Crippen molar-refractivity contribution in [1.29, 1.82) is 0 Å². The van der Waals surface area contributed by atoms with Crippen LogP contribution in [0, 0.1) is 0 Å². The van der Waals surface area contributed by atoms with Gasteiger partial charge in [0.05, 0.1) is 38.6 Å². The highest BCUT2D eigenvalue weighted by molar-refractivity contribution is 7.19. The molecule has 64 heavy (non-hydrogen) atoms. The van der Waals surface area contributed by atoms with Gasteiger partial charge in [-0.2, -0.15) is 0 Å². The van der Waals surface area contributed by atoms with Gasteiger partial charge in [-0.05, 0) is 93.5 Å². The third kappa shape index (κ3) is 5.31. The van der Waals surface area contributed by atoms with E-state index < -0.39 is 8.07 Å². The monoisotopic (exact) mass is 832 g/mol. The van der Waals surface area contributed by atoms with E-state index in [1.807, 2.05) is 12.3 Å². The molecule has 0 fully saturated rings. The van der Waals surface area contributed by atoms with Crippen LogP contribution >= 0.6 is 0 Å². The van der Waals surface area contributed by atoms with Crippen LogP contribution in [-0.4, -0.2) is 26.8 Å². The Balaban J connectivity index is 0.995. The van der Waals surface area contributed by atoms with E-state index in [0.717, 1.165) is 44.5 Å². The summed E-state index contributed by atoms with van der Waals surface area (Å²) in [4.78, 5) is 4.82. The van der Waals surface area contributed by atoms with Crippen LogP contribution in [0.5, 0.6) is 0 Å². The summed E-state index contributed by atoms with van der Waals surface area (Å²) in [7, 11) is -2.66. The topological polar surface area (TPSA) is 27.7 Å². The van der Waals surface area contributed by atoms with Crippen molar-refractivity contribution in [3.63, 3.8) is 0 Å². The third-order valence-electron chi connectivity index (χ3n) is 13.4. The molecule has 13 aromatic rings. The van der Waals surface area contributed by atoms with Crippen molar-refractivity contribution in [3.8, 4) is 17.1 Å². The Morgan fingerprint density at radius 3 is 1.30 bits per heavy atom. The minimum Gasteiger partial charge on any atom is -0.309 e. The van der Waals surface area contributed by atoms with Gasteiger partial charge in [-0.15, -0.1) is 0 Å². The molecular weight excluding hydrogens is 793 g/mol. The first kappa shape index (κ1) is 36.4. The van der Waals surface area contributed by atoms with Crippen molar-refractivity contribution in [3.05, 3.63) is 243 Å². The van der Waals surface area contributed by atoms with Gasteiger partial charge in [0.2, 0.25) is 0 Å². The second-order valence-electron chi connectivity index (χ2n) is 16.7. The molecule has 0 aliphatic rings. The van der Waals surface area contributed by atoms with E-state index in [-0.39, 0.29) is 0 Å². The van der Waals surface area contributed by atoms with Crippen molar-refractivity contribution in [2.24, 2.45) is 0 Å². The zero-order valence-electron chi connectivity index (χ0n) is 34.9. The molecule has 0 N–H and O–H groups in total. The van der Waals surface area contributed by atoms with E-state index in [9.17, 15) is 0 Å². The van der Waals surface area contributed by atoms with E-state index >= 15 is 0 Å². The Morgan fingerprint density at radius 2 is 0.672 bits per heavy atom. The molecule has 5 heteroatoms. The van der Waals surface area contributed by atoms with Crippen LogP contribution in [0.25, 0.3) is 82.6 Å². The smallest absolute Gasteiger partial charge is 0.179 e. The van der Waals surface area contributed by atoms with E-state index in [0.29, 0.717) is 0 Å². The zero-order chi connectivity index (χ0) is 42.2. The fraction of sp³-hybridized carbons (Fsp3) is 0. The molecule has 4 nitrogen and oxygen atoms in total. The second-order valence-corrected chi connectivity index (χ2v) is 20.5. The van der Waals surface area contributed by atoms with Crippen LogP contribution in [0.1, 0.15) is 0 Å². The number of hydrogen-bond acceptors (Lipinski definition) is 1. The largest absolute Gasteiger partial charge is 0.309 e. The minimum absolute atomic E-state index is 1.01. The van der Waals surface area contributed by atoms with Gasteiger partial charge < -0.3 is 13.7 Å². The molecule has 0 atom stereocenters. The van der Waals surface area contributed by atoms with Gasteiger partial charge in [0.1, 0.15) is 0 Å². The number of para-hydroxylation sites is 3. The first-order valence-electron chi connectivity index (χ1n) is 22.0. The molecule has 13 rings (SSSR count). The summed E-state index contributed by atoms with van der Waals surface area (Å²) in [5, 5.41) is 11.5. The third-order valence-corrected chi connectivity index (χ3v) is 18.2. The Hall–Kier alpha value is -8.25. The van der Waals surface area contributed by atoms with Gasteiger partial charge in [0, 0.05) is 50.2 Å². The molecule has 0 spiro atoms.